The van der Waals surface area contributed by atoms with E-state index in [4.69, 9.17) is 4.74 Å². The maximum Gasteiger partial charge on any atom is 0.407 e. The molecule has 0 aliphatic heterocycles. The quantitative estimate of drug-likeness (QED) is 0.703. The normalized spacial score (nSPS) is 17.6. The van der Waals surface area contributed by atoms with Gasteiger partial charge in [-0.15, -0.1) is 0 Å². The van der Waals surface area contributed by atoms with Crippen molar-refractivity contribution >= 4 is 6.09 Å². The molecule has 17 heavy (non-hydrogen) atoms. The lowest BCUT2D eigenvalue weighted by Crippen LogP contribution is -2.34. The van der Waals surface area contributed by atoms with Crippen molar-refractivity contribution < 1.29 is 9.53 Å². The predicted molar refractivity (Wildman–Crippen MR) is 69.1 cm³/mol. The molecule has 1 aliphatic carbocycles. The molecule has 0 bridgehead atoms. The van der Waals surface area contributed by atoms with Crippen LogP contribution in [0.2, 0.25) is 0 Å². The minimum absolute atomic E-state index is 0.319. The standard InChI is InChI=1S/C13H26N2O2/c1-10(15-11-7-8-11)6-5-9-14-12(16)17-13(2,3)4/h10-11,15H,5-9H2,1-4H3,(H,14,16). The lowest BCUT2D eigenvalue weighted by molar-refractivity contribution is 0.0526. The highest BCUT2D eigenvalue weighted by Gasteiger charge is 2.22. The lowest BCUT2D eigenvalue weighted by atomic mass is 10.2. The fourth-order valence-corrected chi connectivity index (χ4v) is 1.65. The Morgan fingerprint density at radius 3 is 2.59 bits per heavy atom. The van der Waals surface area contributed by atoms with E-state index in [1.807, 2.05) is 20.8 Å². The zero-order valence-corrected chi connectivity index (χ0v) is 11.5. The van der Waals surface area contributed by atoms with Crippen molar-refractivity contribution in [3.05, 3.63) is 0 Å². The zero-order chi connectivity index (χ0) is 12.9. The number of carbonyl (C=O) groups excluding carboxylic acids is 1. The summed E-state index contributed by atoms with van der Waals surface area (Å²) in [4.78, 5) is 11.3. The number of amides is 1. The number of hydrogen-bond donors (Lipinski definition) is 2. The highest BCUT2D eigenvalue weighted by molar-refractivity contribution is 5.67. The average Bonchev–Trinajstić information content (AvgIpc) is 2.93. The highest BCUT2D eigenvalue weighted by Crippen LogP contribution is 2.19. The van der Waals surface area contributed by atoms with Crippen LogP contribution in [-0.4, -0.2) is 30.3 Å². The van der Waals surface area contributed by atoms with Gasteiger partial charge in [0, 0.05) is 18.6 Å². The maximum atomic E-state index is 11.3. The third-order valence-electron chi connectivity index (χ3n) is 2.58. The summed E-state index contributed by atoms with van der Waals surface area (Å²) in [5.41, 5.74) is -0.412. The van der Waals surface area contributed by atoms with Crippen molar-refractivity contribution in [2.75, 3.05) is 6.54 Å². The molecular weight excluding hydrogens is 216 g/mol. The van der Waals surface area contributed by atoms with Gasteiger partial charge in [0.25, 0.3) is 0 Å². The van der Waals surface area contributed by atoms with E-state index in [2.05, 4.69) is 17.6 Å². The summed E-state index contributed by atoms with van der Waals surface area (Å²) >= 11 is 0. The monoisotopic (exact) mass is 242 g/mol. The molecule has 1 atom stereocenters. The van der Waals surface area contributed by atoms with Crippen molar-refractivity contribution in [1.82, 2.24) is 10.6 Å². The molecule has 0 aromatic carbocycles. The van der Waals surface area contributed by atoms with Crippen LogP contribution < -0.4 is 10.6 Å². The Balaban J connectivity index is 1.97. The van der Waals surface area contributed by atoms with Gasteiger partial charge in [-0.05, 0) is 53.4 Å². The van der Waals surface area contributed by atoms with Crippen LogP contribution >= 0.6 is 0 Å². The highest BCUT2D eigenvalue weighted by atomic mass is 16.6. The molecule has 100 valence electrons. The Bertz CT molecular complexity index is 244. The molecule has 0 heterocycles. The largest absolute Gasteiger partial charge is 0.444 e. The summed E-state index contributed by atoms with van der Waals surface area (Å²) in [6, 6.07) is 1.30. The van der Waals surface area contributed by atoms with Gasteiger partial charge in [-0.1, -0.05) is 0 Å². The van der Waals surface area contributed by atoms with Crippen LogP contribution in [-0.2, 0) is 4.74 Å². The van der Waals surface area contributed by atoms with Gasteiger partial charge in [-0.2, -0.15) is 0 Å². The number of alkyl carbamates (subject to hydrolysis) is 1. The van der Waals surface area contributed by atoms with Gasteiger partial charge < -0.3 is 15.4 Å². The van der Waals surface area contributed by atoms with E-state index in [9.17, 15) is 4.79 Å². The molecule has 0 spiro atoms. The van der Waals surface area contributed by atoms with Gasteiger partial charge in [0.05, 0.1) is 0 Å². The molecule has 4 heteroatoms. The first-order chi connectivity index (χ1) is 7.87. The van der Waals surface area contributed by atoms with Crippen molar-refractivity contribution in [2.45, 2.75) is 71.1 Å². The number of carbonyl (C=O) groups is 1. The van der Waals surface area contributed by atoms with Crippen LogP contribution in [0.1, 0.15) is 53.4 Å². The number of hydrogen-bond acceptors (Lipinski definition) is 3. The van der Waals surface area contributed by atoms with Gasteiger partial charge in [0.15, 0.2) is 0 Å². The molecule has 1 amide bonds. The Hall–Kier alpha value is -0.770. The van der Waals surface area contributed by atoms with Crippen LogP contribution in [0.15, 0.2) is 0 Å². The van der Waals surface area contributed by atoms with E-state index in [1.165, 1.54) is 12.8 Å². The van der Waals surface area contributed by atoms with E-state index >= 15 is 0 Å². The van der Waals surface area contributed by atoms with E-state index in [0.29, 0.717) is 12.6 Å². The summed E-state index contributed by atoms with van der Waals surface area (Å²) in [5.74, 6) is 0. The van der Waals surface area contributed by atoms with Crippen LogP contribution in [0.3, 0.4) is 0 Å². The Labute approximate surface area is 104 Å². The maximum absolute atomic E-state index is 11.3. The second-order valence-electron chi connectivity index (χ2n) is 5.91. The topological polar surface area (TPSA) is 50.4 Å². The van der Waals surface area contributed by atoms with E-state index in [-0.39, 0.29) is 6.09 Å². The molecule has 4 nitrogen and oxygen atoms in total. The van der Waals surface area contributed by atoms with Gasteiger partial charge in [0.2, 0.25) is 0 Å². The van der Waals surface area contributed by atoms with Crippen LogP contribution in [0.4, 0.5) is 4.79 Å². The molecule has 2 N–H and O–H groups in total. The Morgan fingerprint density at radius 2 is 2.06 bits per heavy atom. The molecule has 1 unspecified atom stereocenters. The number of ether oxygens (including phenoxy) is 1. The molecule has 1 saturated carbocycles. The van der Waals surface area contributed by atoms with Gasteiger partial charge in [-0.3, -0.25) is 0 Å². The number of nitrogens with one attached hydrogen (secondary N) is 2. The molecule has 1 aliphatic rings. The minimum atomic E-state index is -0.412. The SMILES string of the molecule is CC(CCCNC(=O)OC(C)(C)C)NC1CC1. The van der Waals surface area contributed by atoms with Crippen molar-refractivity contribution in [3.8, 4) is 0 Å². The van der Waals surface area contributed by atoms with E-state index < -0.39 is 5.60 Å². The van der Waals surface area contributed by atoms with Crippen molar-refractivity contribution in [1.29, 1.82) is 0 Å². The first-order valence-electron chi connectivity index (χ1n) is 6.60. The summed E-state index contributed by atoms with van der Waals surface area (Å²) in [7, 11) is 0. The van der Waals surface area contributed by atoms with Gasteiger partial charge >= 0.3 is 6.09 Å². The molecule has 1 rings (SSSR count). The third-order valence-corrected chi connectivity index (χ3v) is 2.58. The second kappa shape index (κ2) is 6.24. The fraction of sp³-hybridized carbons (Fsp3) is 0.923. The van der Waals surface area contributed by atoms with Crippen molar-refractivity contribution in [3.63, 3.8) is 0 Å². The van der Waals surface area contributed by atoms with Crippen molar-refractivity contribution in [2.24, 2.45) is 0 Å². The molecule has 1 fully saturated rings. The van der Waals surface area contributed by atoms with E-state index in [0.717, 1.165) is 18.9 Å². The Kier molecular flexibility index (Phi) is 5.25. The first kappa shape index (κ1) is 14.3. The van der Waals surface area contributed by atoms with Gasteiger partial charge in [0.1, 0.15) is 5.60 Å². The first-order valence-corrected chi connectivity index (χ1v) is 6.60. The molecular formula is C13H26N2O2. The zero-order valence-electron chi connectivity index (χ0n) is 11.5. The fourth-order valence-electron chi connectivity index (χ4n) is 1.65. The second-order valence-corrected chi connectivity index (χ2v) is 5.91. The molecule has 0 saturated heterocycles. The predicted octanol–water partition coefficient (Wildman–Crippen LogP) is 2.43. The molecule has 0 radical (unpaired) electrons. The average molecular weight is 242 g/mol. The molecule has 0 aromatic heterocycles. The lowest BCUT2D eigenvalue weighted by Gasteiger charge is -2.20. The van der Waals surface area contributed by atoms with Crippen LogP contribution in [0.5, 0.6) is 0 Å². The summed E-state index contributed by atoms with van der Waals surface area (Å²) in [6.45, 7) is 8.49. The van der Waals surface area contributed by atoms with Crippen LogP contribution in [0.25, 0.3) is 0 Å². The smallest absolute Gasteiger partial charge is 0.407 e. The Morgan fingerprint density at radius 1 is 1.41 bits per heavy atom. The van der Waals surface area contributed by atoms with Gasteiger partial charge in [-0.25, -0.2) is 4.79 Å². The third kappa shape index (κ3) is 8.02. The van der Waals surface area contributed by atoms with E-state index in [1.54, 1.807) is 0 Å². The summed E-state index contributed by atoms with van der Waals surface area (Å²) < 4.78 is 5.15. The minimum Gasteiger partial charge on any atom is -0.444 e. The van der Waals surface area contributed by atoms with Crippen LogP contribution in [0, 0.1) is 0 Å². The number of rotatable bonds is 6. The summed E-state index contributed by atoms with van der Waals surface area (Å²) in [6.07, 6.45) is 4.40. The summed E-state index contributed by atoms with van der Waals surface area (Å²) in [5, 5.41) is 6.31. The molecule has 0 aromatic rings.